The van der Waals surface area contributed by atoms with Crippen LogP contribution >= 0.6 is 11.6 Å². The lowest BCUT2D eigenvalue weighted by atomic mass is 10.2. The summed E-state index contributed by atoms with van der Waals surface area (Å²) in [7, 11) is -3.72. The van der Waals surface area contributed by atoms with E-state index in [1.54, 1.807) is 46.2 Å². The highest BCUT2D eigenvalue weighted by Gasteiger charge is 2.29. The van der Waals surface area contributed by atoms with Gasteiger partial charge in [0.05, 0.1) is 16.3 Å². The van der Waals surface area contributed by atoms with E-state index < -0.39 is 15.9 Å². The molecule has 172 valence electrons. The van der Waals surface area contributed by atoms with Crippen molar-refractivity contribution in [3.8, 4) is 5.69 Å². The maximum atomic E-state index is 12.9. The number of amides is 2. The summed E-state index contributed by atoms with van der Waals surface area (Å²) in [5.74, 6) is -0.484. The Bertz CT molecular complexity index is 1270. The highest BCUT2D eigenvalue weighted by atomic mass is 35.5. The van der Waals surface area contributed by atoms with Crippen LogP contribution in [0.1, 0.15) is 17.3 Å². The SMILES string of the molecule is CC(=O)N1CCN(S(=O)(=O)c2ccc(C(=O)Nc3cc(Cl)ccc3-n3cccn3)cc2)CC1. The molecule has 2 heterocycles. The molecule has 0 atom stereocenters. The lowest BCUT2D eigenvalue weighted by molar-refractivity contribution is -0.129. The second-order valence-electron chi connectivity index (χ2n) is 7.50. The van der Waals surface area contributed by atoms with Crippen molar-refractivity contribution < 1.29 is 18.0 Å². The molecule has 1 aliphatic heterocycles. The lowest BCUT2D eigenvalue weighted by Crippen LogP contribution is -2.49. The van der Waals surface area contributed by atoms with Crippen molar-refractivity contribution in [2.75, 3.05) is 31.5 Å². The van der Waals surface area contributed by atoms with E-state index in [0.717, 1.165) is 0 Å². The molecule has 3 aromatic rings. The molecular formula is C22H22ClN5O4S. The Kier molecular flexibility index (Phi) is 6.50. The molecule has 0 unspecified atom stereocenters. The number of piperazine rings is 1. The summed E-state index contributed by atoms with van der Waals surface area (Å²) < 4.78 is 28.8. The average molecular weight is 488 g/mol. The van der Waals surface area contributed by atoms with Crippen molar-refractivity contribution in [3.63, 3.8) is 0 Å². The van der Waals surface area contributed by atoms with Crippen molar-refractivity contribution in [1.29, 1.82) is 0 Å². The van der Waals surface area contributed by atoms with Crippen LogP contribution in [-0.4, -0.2) is 65.4 Å². The van der Waals surface area contributed by atoms with Crippen molar-refractivity contribution in [3.05, 3.63) is 71.5 Å². The molecule has 33 heavy (non-hydrogen) atoms. The molecule has 0 radical (unpaired) electrons. The smallest absolute Gasteiger partial charge is 0.255 e. The van der Waals surface area contributed by atoms with Crippen molar-refractivity contribution >= 4 is 39.1 Å². The lowest BCUT2D eigenvalue weighted by Gasteiger charge is -2.33. The number of aromatic nitrogens is 2. The number of rotatable bonds is 5. The number of anilines is 1. The number of hydrogen-bond acceptors (Lipinski definition) is 5. The third-order valence-electron chi connectivity index (χ3n) is 5.40. The van der Waals surface area contributed by atoms with Gasteiger partial charge in [0.1, 0.15) is 0 Å². The predicted octanol–water partition coefficient (Wildman–Crippen LogP) is 2.63. The minimum atomic E-state index is -3.72. The predicted molar refractivity (Wildman–Crippen MR) is 124 cm³/mol. The van der Waals surface area contributed by atoms with Gasteiger partial charge in [-0.3, -0.25) is 9.59 Å². The molecule has 2 amide bonds. The van der Waals surface area contributed by atoms with E-state index >= 15 is 0 Å². The van der Waals surface area contributed by atoms with Gasteiger partial charge in [0.2, 0.25) is 15.9 Å². The van der Waals surface area contributed by atoms with Crippen molar-refractivity contribution in [2.45, 2.75) is 11.8 Å². The number of benzene rings is 2. The van der Waals surface area contributed by atoms with Gasteiger partial charge in [0, 0.05) is 56.1 Å². The van der Waals surface area contributed by atoms with Crippen LogP contribution in [0.15, 0.2) is 65.8 Å². The molecule has 0 spiro atoms. The van der Waals surface area contributed by atoms with Gasteiger partial charge in [-0.1, -0.05) is 11.6 Å². The van der Waals surface area contributed by atoms with Crippen LogP contribution < -0.4 is 5.32 Å². The quantitative estimate of drug-likeness (QED) is 0.595. The standard InChI is InChI=1S/C22H22ClN5O4S/c1-16(29)26-11-13-27(14-12-26)33(31,32)19-6-3-17(4-7-19)22(30)25-20-15-18(23)5-8-21(20)28-10-2-9-24-28/h2-10,15H,11-14H2,1H3,(H,25,30). The first-order valence-electron chi connectivity index (χ1n) is 10.2. The number of nitrogens with zero attached hydrogens (tertiary/aromatic N) is 4. The molecule has 9 nitrogen and oxygen atoms in total. The summed E-state index contributed by atoms with van der Waals surface area (Å²) in [6.07, 6.45) is 3.37. The maximum Gasteiger partial charge on any atom is 0.255 e. The monoisotopic (exact) mass is 487 g/mol. The van der Waals surface area contributed by atoms with E-state index in [1.165, 1.54) is 35.5 Å². The Labute approximate surface area is 196 Å². The van der Waals surface area contributed by atoms with E-state index in [1.807, 2.05) is 0 Å². The van der Waals surface area contributed by atoms with E-state index in [0.29, 0.717) is 35.1 Å². The molecule has 11 heteroatoms. The number of carbonyl (C=O) groups excluding carboxylic acids is 2. The van der Waals surface area contributed by atoms with Gasteiger partial charge in [-0.2, -0.15) is 9.40 Å². The zero-order valence-electron chi connectivity index (χ0n) is 17.8. The van der Waals surface area contributed by atoms with Crippen LogP contribution in [-0.2, 0) is 14.8 Å². The Morgan fingerprint density at radius 2 is 1.73 bits per heavy atom. The number of carbonyl (C=O) groups is 2. The fourth-order valence-corrected chi connectivity index (χ4v) is 5.18. The van der Waals surface area contributed by atoms with Crippen LogP contribution in [0.3, 0.4) is 0 Å². The zero-order valence-corrected chi connectivity index (χ0v) is 19.4. The highest BCUT2D eigenvalue weighted by molar-refractivity contribution is 7.89. The van der Waals surface area contributed by atoms with E-state index in [4.69, 9.17) is 11.6 Å². The molecule has 4 rings (SSSR count). The molecule has 0 saturated carbocycles. The summed E-state index contributed by atoms with van der Waals surface area (Å²) in [4.78, 5) is 26.0. The molecule has 0 bridgehead atoms. The van der Waals surface area contributed by atoms with E-state index in [2.05, 4.69) is 10.4 Å². The maximum absolute atomic E-state index is 12.9. The van der Waals surface area contributed by atoms with Gasteiger partial charge in [0.25, 0.3) is 5.91 Å². The number of hydrogen-bond donors (Lipinski definition) is 1. The largest absolute Gasteiger partial charge is 0.340 e. The first-order valence-corrected chi connectivity index (χ1v) is 12.0. The molecule has 1 N–H and O–H groups in total. The minimum Gasteiger partial charge on any atom is -0.340 e. The Morgan fingerprint density at radius 3 is 2.33 bits per heavy atom. The Morgan fingerprint density at radius 1 is 1.03 bits per heavy atom. The van der Waals surface area contributed by atoms with Crippen LogP contribution in [0.25, 0.3) is 5.69 Å². The van der Waals surface area contributed by atoms with Crippen molar-refractivity contribution in [1.82, 2.24) is 19.0 Å². The molecule has 1 fully saturated rings. The first-order chi connectivity index (χ1) is 15.8. The second-order valence-corrected chi connectivity index (χ2v) is 9.88. The van der Waals surface area contributed by atoms with Crippen LogP contribution in [0.2, 0.25) is 5.02 Å². The summed E-state index contributed by atoms with van der Waals surface area (Å²) in [5, 5.41) is 7.45. The zero-order chi connectivity index (χ0) is 23.6. The number of halogens is 1. The summed E-state index contributed by atoms with van der Waals surface area (Å²) in [6, 6.07) is 12.6. The third-order valence-corrected chi connectivity index (χ3v) is 7.54. The Hall–Kier alpha value is -3.21. The van der Waals surface area contributed by atoms with Crippen LogP contribution in [0, 0.1) is 0 Å². The number of nitrogens with one attached hydrogen (secondary N) is 1. The van der Waals surface area contributed by atoms with Gasteiger partial charge < -0.3 is 10.2 Å². The Balaban J connectivity index is 1.50. The molecule has 1 aromatic heterocycles. The first kappa shape index (κ1) is 23.0. The third kappa shape index (κ3) is 4.92. The molecule has 1 saturated heterocycles. The van der Waals surface area contributed by atoms with E-state index in [9.17, 15) is 18.0 Å². The van der Waals surface area contributed by atoms with E-state index in [-0.39, 0.29) is 23.9 Å². The summed E-state index contributed by atoms with van der Waals surface area (Å²) >= 11 is 6.10. The second kappa shape index (κ2) is 9.34. The summed E-state index contributed by atoms with van der Waals surface area (Å²) in [5.41, 5.74) is 1.40. The van der Waals surface area contributed by atoms with Gasteiger partial charge in [-0.05, 0) is 48.5 Å². The highest BCUT2D eigenvalue weighted by Crippen LogP contribution is 2.25. The van der Waals surface area contributed by atoms with Crippen LogP contribution in [0.5, 0.6) is 0 Å². The summed E-state index contributed by atoms with van der Waals surface area (Å²) in [6.45, 7) is 2.64. The van der Waals surface area contributed by atoms with Gasteiger partial charge in [0.15, 0.2) is 0 Å². The fraction of sp³-hybridized carbons (Fsp3) is 0.227. The fourth-order valence-electron chi connectivity index (χ4n) is 3.58. The minimum absolute atomic E-state index is 0.0715. The topological polar surface area (TPSA) is 105 Å². The van der Waals surface area contributed by atoms with Crippen LogP contribution in [0.4, 0.5) is 5.69 Å². The molecule has 2 aromatic carbocycles. The van der Waals surface area contributed by atoms with Crippen molar-refractivity contribution in [2.24, 2.45) is 0 Å². The molecular weight excluding hydrogens is 466 g/mol. The van der Waals surface area contributed by atoms with Gasteiger partial charge >= 0.3 is 0 Å². The molecule has 0 aliphatic carbocycles. The average Bonchev–Trinajstić information content (AvgIpc) is 3.34. The number of sulfonamides is 1. The molecule has 1 aliphatic rings. The van der Waals surface area contributed by atoms with Gasteiger partial charge in [-0.15, -0.1) is 0 Å². The van der Waals surface area contributed by atoms with Gasteiger partial charge in [-0.25, -0.2) is 13.1 Å². The normalized spacial score (nSPS) is 14.8.